The summed E-state index contributed by atoms with van der Waals surface area (Å²) in [5, 5.41) is 5.46. The average molecular weight is 350 g/mol. The molecule has 110 valence electrons. The van der Waals surface area contributed by atoms with E-state index in [2.05, 4.69) is 26.6 Å². The predicted molar refractivity (Wildman–Crippen MR) is 88.9 cm³/mol. The van der Waals surface area contributed by atoms with E-state index in [1.165, 1.54) is 0 Å². The highest BCUT2D eigenvalue weighted by Gasteiger charge is 2.10. The van der Waals surface area contributed by atoms with Crippen molar-refractivity contribution in [2.24, 2.45) is 0 Å². The maximum Gasteiger partial charge on any atom is 0.323 e. The number of aryl methyl sites for hydroxylation is 1. The maximum atomic E-state index is 12.0. The molecule has 2 rings (SSSR count). The molecule has 5 nitrogen and oxygen atoms in total. The van der Waals surface area contributed by atoms with E-state index in [4.69, 9.17) is 10.5 Å². The molecule has 6 heteroatoms. The van der Waals surface area contributed by atoms with Gasteiger partial charge in [-0.05, 0) is 64.8 Å². The number of urea groups is 1. The van der Waals surface area contributed by atoms with Gasteiger partial charge in [-0.25, -0.2) is 4.79 Å². The summed E-state index contributed by atoms with van der Waals surface area (Å²) in [6.07, 6.45) is 0. The van der Waals surface area contributed by atoms with Crippen molar-refractivity contribution in [2.45, 2.75) is 6.92 Å². The van der Waals surface area contributed by atoms with Gasteiger partial charge in [-0.15, -0.1) is 0 Å². The largest absolute Gasteiger partial charge is 0.497 e. The molecule has 0 unspecified atom stereocenters. The first-order chi connectivity index (χ1) is 9.99. The summed E-state index contributed by atoms with van der Waals surface area (Å²) in [7, 11) is 1.59. The smallest absolute Gasteiger partial charge is 0.323 e. The third-order valence-corrected chi connectivity index (χ3v) is 3.48. The molecule has 0 fully saturated rings. The molecular weight excluding hydrogens is 334 g/mol. The molecule has 0 saturated heterocycles. The van der Waals surface area contributed by atoms with E-state index in [1.54, 1.807) is 37.4 Å². The number of amides is 2. The van der Waals surface area contributed by atoms with Crippen LogP contribution in [0.4, 0.5) is 21.9 Å². The molecule has 2 amide bonds. The van der Waals surface area contributed by atoms with Crippen LogP contribution in [0.3, 0.4) is 0 Å². The normalized spacial score (nSPS) is 10.0. The third kappa shape index (κ3) is 3.88. The lowest BCUT2D eigenvalue weighted by Gasteiger charge is -2.12. The molecule has 0 aromatic heterocycles. The minimum Gasteiger partial charge on any atom is -0.497 e. The number of nitrogen functional groups attached to an aromatic ring is 1. The number of hydrogen-bond acceptors (Lipinski definition) is 3. The number of rotatable bonds is 3. The summed E-state index contributed by atoms with van der Waals surface area (Å²) in [5.74, 6) is 0.728. The monoisotopic (exact) mass is 349 g/mol. The first-order valence-corrected chi connectivity index (χ1v) is 7.06. The Morgan fingerprint density at radius 1 is 1.19 bits per heavy atom. The number of anilines is 3. The van der Waals surface area contributed by atoms with Gasteiger partial charge < -0.3 is 21.1 Å². The van der Waals surface area contributed by atoms with Gasteiger partial charge in [-0.2, -0.15) is 0 Å². The van der Waals surface area contributed by atoms with Crippen LogP contribution in [0.5, 0.6) is 5.75 Å². The molecule has 0 spiro atoms. The molecule has 2 aromatic carbocycles. The van der Waals surface area contributed by atoms with Gasteiger partial charge >= 0.3 is 6.03 Å². The number of ether oxygens (including phenoxy) is 1. The van der Waals surface area contributed by atoms with E-state index in [1.807, 2.05) is 13.0 Å². The Bertz CT molecular complexity index is 633. The van der Waals surface area contributed by atoms with Crippen LogP contribution in [0.2, 0.25) is 0 Å². The zero-order valence-corrected chi connectivity index (χ0v) is 13.3. The number of benzene rings is 2. The Morgan fingerprint density at radius 2 is 1.86 bits per heavy atom. The van der Waals surface area contributed by atoms with Crippen LogP contribution in [0, 0.1) is 6.92 Å². The van der Waals surface area contributed by atoms with Crippen molar-refractivity contribution in [3.8, 4) is 5.75 Å². The molecule has 0 aliphatic rings. The Morgan fingerprint density at radius 3 is 2.43 bits per heavy atom. The van der Waals surface area contributed by atoms with Gasteiger partial charge in [0, 0.05) is 10.2 Å². The lowest BCUT2D eigenvalue weighted by Crippen LogP contribution is -2.20. The van der Waals surface area contributed by atoms with Crippen molar-refractivity contribution in [1.82, 2.24) is 0 Å². The minimum atomic E-state index is -0.364. The minimum absolute atomic E-state index is 0.364. The third-order valence-electron chi connectivity index (χ3n) is 2.85. The second-order valence-electron chi connectivity index (χ2n) is 4.52. The van der Waals surface area contributed by atoms with Crippen molar-refractivity contribution in [3.05, 3.63) is 46.4 Å². The van der Waals surface area contributed by atoms with Crippen LogP contribution in [0.1, 0.15) is 5.56 Å². The van der Waals surface area contributed by atoms with Gasteiger partial charge in [0.05, 0.1) is 18.5 Å². The van der Waals surface area contributed by atoms with Crippen LogP contribution in [-0.2, 0) is 0 Å². The topological polar surface area (TPSA) is 76.4 Å². The fourth-order valence-electron chi connectivity index (χ4n) is 1.85. The summed E-state index contributed by atoms with van der Waals surface area (Å²) in [4.78, 5) is 12.0. The number of nitrogens with two attached hydrogens (primary N) is 1. The molecule has 2 aromatic rings. The molecule has 0 aliphatic heterocycles. The Balaban J connectivity index is 2.08. The number of halogens is 1. The predicted octanol–water partition coefficient (Wildman–Crippen LogP) is 3.99. The van der Waals surface area contributed by atoms with Crippen LogP contribution in [-0.4, -0.2) is 13.1 Å². The van der Waals surface area contributed by atoms with Crippen molar-refractivity contribution in [3.63, 3.8) is 0 Å². The molecule has 0 heterocycles. The zero-order valence-electron chi connectivity index (χ0n) is 11.7. The van der Waals surface area contributed by atoms with Crippen molar-refractivity contribution >= 4 is 39.0 Å². The van der Waals surface area contributed by atoms with Gasteiger partial charge in [-0.3, -0.25) is 0 Å². The SMILES string of the molecule is COc1ccc(NC(=O)Nc2c(N)cc(C)cc2Br)cc1. The summed E-state index contributed by atoms with van der Waals surface area (Å²) in [5.41, 5.74) is 8.64. The van der Waals surface area contributed by atoms with Gasteiger partial charge in [0.2, 0.25) is 0 Å². The summed E-state index contributed by atoms with van der Waals surface area (Å²) in [6.45, 7) is 1.93. The maximum absolute atomic E-state index is 12.0. The first kappa shape index (κ1) is 15.2. The van der Waals surface area contributed by atoms with E-state index in [0.29, 0.717) is 17.1 Å². The lowest BCUT2D eigenvalue weighted by atomic mass is 10.2. The molecule has 0 radical (unpaired) electrons. The summed E-state index contributed by atoms with van der Waals surface area (Å²) < 4.78 is 5.80. The second-order valence-corrected chi connectivity index (χ2v) is 5.37. The molecule has 4 N–H and O–H groups in total. The van der Waals surface area contributed by atoms with E-state index in [-0.39, 0.29) is 6.03 Å². The molecule has 0 saturated carbocycles. The van der Waals surface area contributed by atoms with E-state index in [9.17, 15) is 4.79 Å². The van der Waals surface area contributed by atoms with Crippen LogP contribution in [0.15, 0.2) is 40.9 Å². The van der Waals surface area contributed by atoms with Crippen LogP contribution >= 0.6 is 15.9 Å². The molecule has 0 aliphatic carbocycles. The van der Waals surface area contributed by atoms with Crippen LogP contribution in [0.25, 0.3) is 0 Å². The first-order valence-electron chi connectivity index (χ1n) is 6.27. The summed E-state index contributed by atoms with van der Waals surface area (Å²) in [6, 6.07) is 10.4. The highest BCUT2D eigenvalue weighted by atomic mass is 79.9. The Labute approximate surface area is 131 Å². The van der Waals surface area contributed by atoms with Gasteiger partial charge in [0.25, 0.3) is 0 Å². The van der Waals surface area contributed by atoms with Crippen LogP contribution < -0.4 is 21.1 Å². The van der Waals surface area contributed by atoms with Crippen molar-refractivity contribution in [2.75, 3.05) is 23.5 Å². The van der Waals surface area contributed by atoms with Crippen molar-refractivity contribution in [1.29, 1.82) is 0 Å². The Hall–Kier alpha value is -2.21. The highest BCUT2D eigenvalue weighted by Crippen LogP contribution is 2.30. The summed E-state index contributed by atoms with van der Waals surface area (Å²) >= 11 is 3.39. The second kappa shape index (κ2) is 6.49. The lowest BCUT2D eigenvalue weighted by molar-refractivity contribution is 0.262. The number of methoxy groups -OCH3 is 1. The molecular formula is C15H16BrN3O2. The van der Waals surface area contributed by atoms with E-state index >= 15 is 0 Å². The van der Waals surface area contributed by atoms with Gasteiger partial charge in [0.15, 0.2) is 0 Å². The van der Waals surface area contributed by atoms with E-state index < -0.39 is 0 Å². The number of carbonyl (C=O) groups excluding carboxylic acids is 1. The highest BCUT2D eigenvalue weighted by molar-refractivity contribution is 9.10. The molecule has 21 heavy (non-hydrogen) atoms. The molecule has 0 atom stereocenters. The average Bonchev–Trinajstić information content (AvgIpc) is 2.43. The van der Waals surface area contributed by atoms with Gasteiger partial charge in [-0.1, -0.05) is 0 Å². The Kier molecular flexibility index (Phi) is 4.70. The van der Waals surface area contributed by atoms with Gasteiger partial charge in [0.1, 0.15) is 5.75 Å². The number of nitrogens with one attached hydrogen (secondary N) is 2. The van der Waals surface area contributed by atoms with E-state index in [0.717, 1.165) is 15.8 Å². The zero-order chi connectivity index (χ0) is 15.4. The fourth-order valence-corrected chi connectivity index (χ4v) is 2.54. The number of hydrogen-bond donors (Lipinski definition) is 3. The quantitative estimate of drug-likeness (QED) is 0.733. The molecule has 0 bridgehead atoms. The standard InChI is InChI=1S/C15H16BrN3O2/c1-9-7-12(16)14(13(17)8-9)19-15(20)18-10-3-5-11(21-2)6-4-10/h3-8H,17H2,1-2H3,(H2,18,19,20). The van der Waals surface area contributed by atoms with Crippen molar-refractivity contribution < 1.29 is 9.53 Å². The fraction of sp³-hybridized carbons (Fsp3) is 0.133. The number of carbonyl (C=O) groups is 1.